The highest BCUT2D eigenvalue weighted by atomic mass is 35.5. The molecule has 1 saturated heterocycles. The molecule has 0 aromatic heterocycles. The number of methoxy groups -OCH3 is 1. The van der Waals surface area contributed by atoms with Crippen LogP contribution in [0.2, 0.25) is 10.0 Å². The molecule has 0 aliphatic carbocycles. The Bertz CT molecular complexity index is 601. The van der Waals surface area contributed by atoms with Gasteiger partial charge in [-0.05, 0) is 37.8 Å². The van der Waals surface area contributed by atoms with Gasteiger partial charge in [0.15, 0.2) is 0 Å². The van der Waals surface area contributed by atoms with E-state index in [9.17, 15) is 4.79 Å². The molecular weight excluding hydrogens is 325 g/mol. The summed E-state index contributed by atoms with van der Waals surface area (Å²) in [5, 5.41) is 10.0. The summed E-state index contributed by atoms with van der Waals surface area (Å²) in [6.07, 6.45) is 2.75. The van der Waals surface area contributed by atoms with E-state index in [1.54, 1.807) is 19.2 Å². The third-order valence-corrected chi connectivity index (χ3v) is 4.69. The lowest BCUT2D eigenvalue weighted by Gasteiger charge is -2.13. The molecule has 0 unspecified atom stereocenters. The van der Waals surface area contributed by atoms with E-state index < -0.39 is 6.09 Å². The van der Waals surface area contributed by atoms with Crippen molar-refractivity contribution in [1.29, 1.82) is 0 Å². The third-order valence-electron chi connectivity index (χ3n) is 3.84. The molecule has 1 N–H and O–H groups in total. The quantitative estimate of drug-likeness (QED) is 0.819. The van der Waals surface area contributed by atoms with Crippen LogP contribution >= 0.6 is 23.2 Å². The van der Waals surface area contributed by atoms with Gasteiger partial charge in [0.25, 0.3) is 0 Å². The van der Waals surface area contributed by atoms with Crippen LogP contribution in [0.15, 0.2) is 23.8 Å². The molecule has 1 aliphatic heterocycles. The number of ether oxygens (including phenoxy) is 1. The first-order valence-corrected chi connectivity index (χ1v) is 7.84. The lowest BCUT2D eigenvalue weighted by molar-refractivity contribution is 0.155. The molecule has 2 rings (SSSR count). The fourth-order valence-corrected chi connectivity index (χ4v) is 3.17. The molecule has 22 heavy (non-hydrogen) atoms. The predicted molar refractivity (Wildman–Crippen MR) is 88.2 cm³/mol. The average molecular weight is 344 g/mol. The topological polar surface area (TPSA) is 49.8 Å². The Kier molecular flexibility index (Phi) is 5.59. The number of nitrogens with zero attached hydrogens (tertiary/aromatic N) is 1. The first-order chi connectivity index (χ1) is 10.4. The molecule has 1 aromatic rings. The highest BCUT2D eigenvalue weighted by molar-refractivity contribution is 6.42. The monoisotopic (exact) mass is 343 g/mol. The van der Waals surface area contributed by atoms with E-state index >= 15 is 0 Å². The van der Waals surface area contributed by atoms with Crippen molar-refractivity contribution in [3.8, 4) is 5.75 Å². The van der Waals surface area contributed by atoms with Crippen molar-refractivity contribution in [2.75, 3.05) is 20.2 Å². The Morgan fingerprint density at radius 2 is 2.23 bits per heavy atom. The van der Waals surface area contributed by atoms with Crippen molar-refractivity contribution in [2.45, 2.75) is 19.8 Å². The van der Waals surface area contributed by atoms with E-state index in [2.05, 4.69) is 6.08 Å². The van der Waals surface area contributed by atoms with E-state index in [1.807, 2.05) is 6.92 Å². The third kappa shape index (κ3) is 3.87. The van der Waals surface area contributed by atoms with Crippen LogP contribution < -0.4 is 4.74 Å². The Balaban J connectivity index is 2.12. The SMILES string of the molecule is COc1ccc(Cl)c(Cl)c1CC(C)=C[C@H]1CCN(C(=O)O)C1. The second-order valence-corrected chi connectivity index (χ2v) is 6.29. The van der Waals surface area contributed by atoms with Gasteiger partial charge in [0.2, 0.25) is 0 Å². The van der Waals surface area contributed by atoms with Crippen molar-refractivity contribution in [2.24, 2.45) is 5.92 Å². The van der Waals surface area contributed by atoms with E-state index in [0.717, 1.165) is 17.6 Å². The number of halogens is 2. The number of rotatable bonds is 4. The minimum Gasteiger partial charge on any atom is -0.496 e. The minimum absolute atomic E-state index is 0.250. The number of hydrogen-bond acceptors (Lipinski definition) is 2. The molecule has 1 atom stereocenters. The predicted octanol–water partition coefficient (Wildman–Crippen LogP) is 4.49. The second-order valence-electron chi connectivity index (χ2n) is 5.51. The van der Waals surface area contributed by atoms with Crippen molar-refractivity contribution >= 4 is 29.3 Å². The maximum Gasteiger partial charge on any atom is 0.407 e. The fourth-order valence-electron chi connectivity index (χ4n) is 2.77. The standard InChI is InChI=1S/C16H19Cl2NO3/c1-10(7-11-5-6-19(9-11)16(20)21)8-12-14(22-2)4-3-13(17)15(12)18/h3-4,7,11H,5-6,8-9H2,1-2H3,(H,20,21)/t11-/m1/s1. The van der Waals surface area contributed by atoms with Crippen LogP contribution in [-0.4, -0.2) is 36.3 Å². The summed E-state index contributed by atoms with van der Waals surface area (Å²) in [6.45, 7) is 3.15. The normalized spacial score (nSPS) is 18.6. The molecule has 1 aromatic carbocycles. The first kappa shape index (κ1) is 17.0. The van der Waals surface area contributed by atoms with E-state index in [4.69, 9.17) is 33.0 Å². The average Bonchev–Trinajstić information content (AvgIpc) is 2.93. The maximum absolute atomic E-state index is 10.9. The van der Waals surface area contributed by atoms with Gasteiger partial charge in [-0.2, -0.15) is 0 Å². The minimum atomic E-state index is -0.854. The highest BCUT2D eigenvalue weighted by Crippen LogP contribution is 2.34. The zero-order valence-corrected chi connectivity index (χ0v) is 14.1. The van der Waals surface area contributed by atoms with Crippen molar-refractivity contribution in [3.05, 3.63) is 39.4 Å². The van der Waals surface area contributed by atoms with Crippen LogP contribution in [0.5, 0.6) is 5.75 Å². The van der Waals surface area contributed by atoms with Gasteiger partial charge in [0.1, 0.15) is 5.75 Å². The zero-order chi connectivity index (χ0) is 16.3. The zero-order valence-electron chi connectivity index (χ0n) is 12.6. The van der Waals surface area contributed by atoms with Gasteiger partial charge < -0.3 is 14.7 Å². The van der Waals surface area contributed by atoms with Crippen LogP contribution in [0.1, 0.15) is 18.9 Å². The summed E-state index contributed by atoms with van der Waals surface area (Å²) in [5.74, 6) is 0.959. The molecule has 1 amide bonds. The number of carbonyl (C=O) groups is 1. The van der Waals surface area contributed by atoms with Crippen LogP contribution in [0.25, 0.3) is 0 Å². The summed E-state index contributed by atoms with van der Waals surface area (Å²) in [7, 11) is 1.60. The van der Waals surface area contributed by atoms with Gasteiger partial charge in [-0.1, -0.05) is 34.9 Å². The van der Waals surface area contributed by atoms with E-state index in [-0.39, 0.29) is 5.92 Å². The second kappa shape index (κ2) is 7.25. The molecule has 0 saturated carbocycles. The number of likely N-dealkylation sites (tertiary alicyclic amines) is 1. The number of hydrogen-bond donors (Lipinski definition) is 1. The summed E-state index contributed by atoms with van der Waals surface area (Å²) in [6, 6.07) is 3.52. The van der Waals surface area contributed by atoms with Gasteiger partial charge >= 0.3 is 6.09 Å². The molecule has 0 bridgehead atoms. The van der Waals surface area contributed by atoms with Crippen molar-refractivity contribution in [1.82, 2.24) is 4.90 Å². The van der Waals surface area contributed by atoms with E-state index in [0.29, 0.717) is 35.3 Å². The number of carboxylic acid groups (broad SMARTS) is 1. The summed E-state index contributed by atoms with van der Waals surface area (Å²) in [4.78, 5) is 12.4. The largest absolute Gasteiger partial charge is 0.496 e. The maximum atomic E-state index is 10.9. The molecule has 1 fully saturated rings. The number of benzene rings is 1. The van der Waals surface area contributed by atoms with Gasteiger partial charge in [-0.15, -0.1) is 0 Å². The summed E-state index contributed by atoms with van der Waals surface area (Å²) < 4.78 is 5.34. The van der Waals surface area contributed by atoms with Crippen LogP contribution in [0.4, 0.5) is 4.79 Å². The van der Waals surface area contributed by atoms with E-state index in [1.165, 1.54) is 4.90 Å². The molecule has 6 heteroatoms. The van der Waals surface area contributed by atoms with Gasteiger partial charge in [-0.3, -0.25) is 0 Å². The van der Waals surface area contributed by atoms with Crippen molar-refractivity contribution in [3.63, 3.8) is 0 Å². The fraction of sp³-hybridized carbons (Fsp3) is 0.438. The lowest BCUT2D eigenvalue weighted by Crippen LogP contribution is -2.26. The molecule has 120 valence electrons. The summed E-state index contributed by atoms with van der Waals surface area (Å²) in [5.41, 5.74) is 1.98. The highest BCUT2D eigenvalue weighted by Gasteiger charge is 2.24. The van der Waals surface area contributed by atoms with Gasteiger partial charge in [-0.25, -0.2) is 4.79 Å². The van der Waals surface area contributed by atoms with Crippen molar-refractivity contribution < 1.29 is 14.6 Å². The van der Waals surface area contributed by atoms with Crippen LogP contribution in [0, 0.1) is 5.92 Å². The first-order valence-electron chi connectivity index (χ1n) is 7.08. The van der Waals surface area contributed by atoms with Gasteiger partial charge in [0.05, 0.1) is 17.2 Å². The lowest BCUT2D eigenvalue weighted by atomic mass is 10.00. The molecule has 1 heterocycles. The Hall–Kier alpha value is -1.39. The summed E-state index contributed by atoms with van der Waals surface area (Å²) >= 11 is 12.3. The number of allylic oxidation sites excluding steroid dienone is 1. The Labute approximate surface area is 140 Å². The van der Waals surface area contributed by atoms with Crippen LogP contribution in [0.3, 0.4) is 0 Å². The van der Waals surface area contributed by atoms with Crippen LogP contribution in [-0.2, 0) is 6.42 Å². The Morgan fingerprint density at radius 3 is 2.82 bits per heavy atom. The molecule has 4 nitrogen and oxygen atoms in total. The molecule has 0 radical (unpaired) electrons. The smallest absolute Gasteiger partial charge is 0.407 e. The molecule has 0 spiro atoms. The van der Waals surface area contributed by atoms with Gasteiger partial charge in [0, 0.05) is 18.7 Å². The number of amides is 1. The molecule has 1 aliphatic rings. The molecular formula is C16H19Cl2NO3. The Morgan fingerprint density at radius 1 is 1.50 bits per heavy atom.